The average molecular weight is 180 g/mol. The molecule has 2 amide bonds. The van der Waals surface area contributed by atoms with Gasteiger partial charge in [-0.1, -0.05) is 18.2 Å². The van der Waals surface area contributed by atoms with E-state index in [2.05, 4.69) is 16.6 Å². The van der Waals surface area contributed by atoms with Crippen molar-refractivity contribution in [2.75, 3.05) is 5.43 Å². The minimum absolute atomic E-state index is 0.706. The summed E-state index contributed by atoms with van der Waals surface area (Å²) in [5.41, 5.74) is 8.43. The number of amides is 2. The van der Waals surface area contributed by atoms with Gasteiger partial charge in [-0.25, -0.2) is 4.79 Å². The topological polar surface area (TPSA) is 85.8 Å². The van der Waals surface area contributed by atoms with Crippen LogP contribution in [0.5, 0.6) is 0 Å². The number of hydrogen-bond donors (Lipinski definition) is 3. The maximum absolute atomic E-state index is 10.7. The molecule has 0 spiro atoms. The van der Waals surface area contributed by atoms with Gasteiger partial charge in [0.05, 0.1) is 5.69 Å². The summed E-state index contributed by atoms with van der Waals surface area (Å²) >= 11 is 0. The molecule has 5 N–H and O–H groups in total. The van der Waals surface area contributed by atoms with Gasteiger partial charge in [0.25, 0.3) is 0 Å². The molecule has 5 heteroatoms. The van der Waals surface area contributed by atoms with Gasteiger partial charge in [-0.2, -0.15) is 0 Å². The second-order valence-corrected chi connectivity index (χ2v) is 2.37. The molecule has 1 aromatic carbocycles. The second-order valence-electron chi connectivity index (χ2n) is 2.37. The zero-order chi connectivity index (χ0) is 9.68. The Bertz CT molecular complexity index is 310. The Balaban J connectivity index is 2.44. The zero-order valence-electron chi connectivity index (χ0n) is 6.91. The van der Waals surface area contributed by atoms with Gasteiger partial charge in [-0.3, -0.25) is 21.4 Å². The van der Waals surface area contributed by atoms with E-state index in [0.29, 0.717) is 5.69 Å². The van der Waals surface area contributed by atoms with Crippen LogP contribution >= 0.6 is 0 Å². The van der Waals surface area contributed by atoms with E-state index in [0.717, 1.165) is 0 Å². The molecule has 0 aromatic heterocycles. The number of carbonyl (C=O) groups excluding carboxylic acids is 2. The molecule has 0 radical (unpaired) electrons. The number of para-hydroxylation sites is 1. The lowest BCUT2D eigenvalue weighted by molar-refractivity contribution is -0.300. The lowest BCUT2D eigenvalue weighted by Crippen LogP contribution is -2.64. The van der Waals surface area contributed by atoms with Crippen molar-refractivity contribution in [2.24, 2.45) is 0 Å². The maximum atomic E-state index is 10.7. The van der Waals surface area contributed by atoms with Crippen LogP contribution in [0.15, 0.2) is 30.3 Å². The predicted molar refractivity (Wildman–Crippen MR) is 46.1 cm³/mol. The van der Waals surface area contributed by atoms with E-state index in [-0.39, 0.29) is 0 Å². The smallest absolute Gasteiger partial charge is 0.298 e. The summed E-state index contributed by atoms with van der Waals surface area (Å²) in [6.07, 6.45) is 0. The van der Waals surface area contributed by atoms with Gasteiger partial charge in [0, 0.05) is 0 Å². The zero-order valence-corrected chi connectivity index (χ0v) is 6.91. The van der Waals surface area contributed by atoms with E-state index < -0.39 is 11.8 Å². The van der Waals surface area contributed by atoms with Gasteiger partial charge in [-0.05, 0) is 12.1 Å². The van der Waals surface area contributed by atoms with E-state index in [4.69, 9.17) is 0 Å². The fourth-order valence-corrected chi connectivity index (χ4v) is 0.720. The monoisotopic (exact) mass is 180 g/mol. The summed E-state index contributed by atoms with van der Waals surface area (Å²) in [5.74, 6) is -1.53. The molecule has 0 saturated heterocycles. The molecule has 0 saturated carbocycles. The second kappa shape index (κ2) is 4.22. The predicted octanol–water partition coefficient (Wildman–Crippen LogP) is -1.10. The highest BCUT2D eigenvalue weighted by Gasteiger charge is 2.10. The van der Waals surface area contributed by atoms with Crippen molar-refractivity contribution in [1.29, 1.82) is 0 Å². The Morgan fingerprint density at radius 3 is 2.31 bits per heavy atom. The van der Waals surface area contributed by atoms with E-state index in [1.807, 2.05) is 6.07 Å². The molecule has 68 valence electrons. The van der Waals surface area contributed by atoms with Gasteiger partial charge < -0.3 is 0 Å². The molecule has 0 bridgehead atoms. The van der Waals surface area contributed by atoms with Crippen LogP contribution in [0.1, 0.15) is 0 Å². The number of rotatable bonds is 2. The van der Waals surface area contributed by atoms with Crippen molar-refractivity contribution < 1.29 is 15.3 Å². The molecular formula is C8H10N3O2+. The summed E-state index contributed by atoms with van der Waals surface area (Å²) in [6, 6.07) is 8.97. The summed E-state index contributed by atoms with van der Waals surface area (Å²) in [6.45, 7) is 0. The van der Waals surface area contributed by atoms with Crippen LogP contribution in [-0.4, -0.2) is 11.8 Å². The first-order valence-corrected chi connectivity index (χ1v) is 3.67. The van der Waals surface area contributed by atoms with Crippen molar-refractivity contribution in [3.05, 3.63) is 30.3 Å². The molecule has 0 atom stereocenters. The number of hydrazine groups is 1. The van der Waals surface area contributed by atoms with E-state index in [1.165, 1.54) is 0 Å². The van der Waals surface area contributed by atoms with Gasteiger partial charge in [-0.15, -0.1) is 0 Å². The highest BCUT2D eigenvalue weighted by atomic mass is 16.2. The fraction of sp³-hybridized carbons (Fsp3) is 0. The maximum Gasteiger partial charge on any atom is 0.400 e. The first-order chi connectivity index (χ1) is 6.20. The standard InChI is InChI=1S/C8H9N3O2/c9-7(12)8(13)11-10-6-4-2-1-3-5-6/h1-5,10H,(H2,9,12)(H,11,13)/p+1. The van der Waals surface area contributed by atoms with E-state index in [9.17, 15) is 9.59 Å². The molecule has 1 rings (SSSR count). The van der Waals surface area contributed by atoms with Crippen LogP contribution in [0.2, 0.25) is 0 Å². The van der Waals surface area contributed by atoms with Crippen LogP contribution in [-0.2, 0) is 9.59 Å². The molecular weight excluding hydrogens is 170 g/mol. The third-order valence-corrected chi connectivity index (χ3v) is 1.35. The van der Waals surface area contributed by atoms with Crippen molar-refractivity contribution in [2.45, 2.75) is 0 Å². The van der Waals surface area contributed by atoms with Crippen LogP contribution in [0.4, 0.5) is 5.69 Å². The quantitative estimate of drug-likeness (QED) is 0.399. The van der Waals surface area contributed by atoms with Gasteiger partial charge in [0.15, 0.2) is 0 Å². The van der Waals surface area contributed by atoms with Crippen LogP contribution < -0.4 is 16.6 Å². The number of nitrogens with one attached hydrogen (secondary N) is 2. The molecule has 0 heterocycles. The Morgan fingerprint density at radius 2 is 1.77 bits per heavy atom. The molecule has 13 heavy (non-hydrogen) atoms. The Labute approximate surface area is 74.9 Å². The van der Waals surface area contributed by atoms with E-state index >= 15 is 0 Å². The molecule has 0 aliphatic carbocycles. The van der Waals surface area contributed by atoms with E-state index in [1.54, 1.807) is 24.3 Å². The van der Waals surface area contributed by atoms with Crippen LogP contribution in [0.25, 0.3) is 0 Å². The number of hydrogen-bond acceptors (Lipinski definition) is 3. The Morgan fingerprint density at radius 1 is 1.15 bits per heavy atom. The lowest BCUT2D eigenvalue weighted by Gasteiger charge is -2.04. The van der Waals surface area contributed by atoms with Crippen molar-refractivity contribution in [3.63, 3.8) is 0 Å². The minimum atomic E-state index is -0.775. The van der Waals surface area contributed by atoms with Crippen LogP contribution in [0, 0.1) is 0 Å². The normalized spacial score (nSPS) is 9.00. The SMILES string of the molecule is [NH3+]C(=O)C(=O)NNc1ccccc1. The molecule has 5 nitrogen and oxygen atoms in total. The van der Waals surface area contributed by atoms with Gasteiger partial charge >= 0.3 is 11.8 Å². The number of quaternary nitrogens is 1. The average Bonchev–Trinajstić information content (AvgIpc) is 2.15. The fourth-order valence-electron chi connectivity index (χ4n) is 0.720. The van der Waals surface area contributed by atoms with Gasteiger partial charge in [0.1, 0.15) is 0 Å². The largest absolute Gasteiger partial charge is 0.400 e. The molecule has 0 unspecified atom stereocenters. The first-order valence-electron chi connectivity index (χ1n) is 3.67. The highest BCUT2D eigenvalue weighted by molar-refractivity contribution is 6.30. The number of carbonyl (C=O) groups is 2. The minimum Gasteiger partial charge on any atom is -0.298 e. The Hall–Kier alpha value is -1.88. The number of anilines is 1. The third kappa shape index (κ3) is 2.92. The van der Waals surface area contributed by atoms with Crippen molar-refractivity contribution in [1.82, 2.24) is 5.43 Å². The van der Waals surface area contributed by atoms with Crippen LogP contribution in [0.3, 0.4) is 0 Å². The molecule has 0 fully saturated rings. The summed E-state index contributed by atoms with van der Waals surface area (Å²) < 4.78 is 0. The Kier molecular flexibility index (Phi) is 2.99. The summed E-state index contributed by atoms with van der Waals surface area (Å²) in [4.78, 5) is 21.1. The third-order valence-electron chi connectivity index (χ3n) is 1.35. The first kappa shape index (κ1) is 9.21. The van der Waals surface area contributed by atoms with Crippen molar-refractivity contribution >= 4 is 17.5 Å². The summed E-state index contributed by atoms with van der Waals surface area (Å²) in [7, 11) is 0. The lowest BCUT2D eigenvalue weighted by atomic mass is 10.3. The highest BCUT2D eigenvalue weighted by Crippen LogP contribution is 2.01. The van der Waals surface area contributed by atoms with Gasteiger partial charge in [0.2, 0.25) is 0 Å². The number of benzene rings is 1. The molecule has 0 aliphatic heterocycles. The molecule has 0 aliphatic rings. The summed E-state index contributed by atoms with van der Waals surface area (Å²) in [5, 5.41) is 0. The van der Waals surface area contributed by atoms with Crippen molar-refractivity contribution in [3.8, 4) is 0 Å². The molecule has 1 aromatic rings.